The highest BCUT2D eigenvalue weighted by atomic mass is 79.9. The van der Waals surface area contributed by atoms with E-state index in [1.807, 2.05) is 30.5 Å². The lowest BCUT2D eigenvalue weighted by Gasteiger charge is -2.16. The van der Waals surface area contributed by atoms with Crippen molar-refractivity contribution in [3.8, 4) is 0 Å². The molecule has 0 saturated heterocycles. The van der Waals surface area contributed by atoms with Crippen molar-refractivity contribution < 1.29 is 9.59 Å². The molecule has 1 heterocycles. The summed E-state index contributed by atoms with van der Waals surface area (Å²) < 4.78 is 2.81. The molecule has 11 heteroatoms. The molecule has 0 aliphatic heterocycles. The zero-order valence-electron chi connectivity index (χ0n) is 19.4. The zero-order chi connectivity index (χ0) is 25.7. The van der Waals surface area contributed by atoms with E-state index in [2.05, 4.69) is 43.3 Å². The summed E-state index contributed by atoms with van der Waals surface area (Å²) in [7, 11) is 0. The average Bonchev–Trinajstić information content (AvgIpc) is 3.21. The summed E-state index contributed by atoms with van der Waals surface area (Å²) in [5, 5.41) is 15.6. The lowest BCUT2D eigenvalue weighted by Crippen LogP contribution is -2.29. The number of nitrogens with one attached hydrogen (secondary N) is 2. The number of anilines is 1. The zero-order valence-corrected chi connectivity index (χ0v) is 23.3. The van der Waals surface area contributed by atoms with E-state index in [4.69, 9.17) is 23.2 Å². The van der Waals surface area contributed by atoms with Crippen LogP contribution in [0.2, 0.25) is 10.0 Å². The molecule has 35 heavy (non-hydrogen) atoms. The first kappa shape index (κ1) is 27.3. The van der Waals surface area contributed by atoms with Crippen molar-refractivity contribution in [2.75, 3.05) is 11.1 Å². The van der Waals surface area contributed by atoms with Gasteiger partial charge in [-0.05, 0) is 62.2 Å². The fraction of sp³-hybridized carbons (Fsp3) is 0.250. The van der Waals surface area contributed by atoms with E-state index in [0.29, 0.717) is 28.1 Å². The topological polar surface area (TPSA) is 88.9 Å². The third-order valence-corrected chi connectivity index (χ3v) is 7.67. The molecule has 0 aliphatic carbocycles. The van der Waals surface area contributed by atoms with Crippen LogP contribution in [0.3, 0.4) is 0 Å². The van der Waals surface area contributed by atoms with Crippen LogP contribution in [-0.4, -0.2) is 32.3 Å². The average molecular weight is 597 g/mol. The molecule has 0 aliphatic rings. The van der Waals surface area contributed by atoms with E-state index in [1.54, 1.807) is 25.1 Å². The highest BCUT2D eigenvalue weighted by Gasteiger charge is 2.21. The van der Waals surface area contributed by atoms with Crippen LogP contribution in [-0.2, 0) is 11.3 Å². The molecule has 0 saturated carbocycles. The van der Waals surface area contributed by atoms with Crippen molar-refractivity contribution in [1.82, 2.24) is 20.1 Å². The molecule has 7 nitrogen and oxygen atoms in total. The van der Waals surface area contributed by atoms with Gasteiger partial charge >= 0.3 is 0 Å². The fourth-order valence-electron chi connectivity index (χ4n) is 3.28. The largest absolute Gasteiger partial charge is 0.342 e. The predicted octanol–water partition coefficient (Wildman–Crippen LogP) is 6.37. The molecule has 0 radical (unpaired) electrons. The van der Waals surface area contributed by atoms with Crippen LogP contribution in [0.15, 0.2) is 52.6 Å². The van der Waals surface area contributed by atoms with Crippen LogP contribution in [0.4, 0.5) is 5.69 Å². The number of carbonyl (C=O) groups excluding carboxylic acids is 2. The Labute approximate surface area is 226 Å². The first-order chi connectivity index (χ1) is 16.6. The highest BCUT2D eigenvalue weighted by molar-refractivity contribution is 9.10. The maximum atomic E-state index is 12.7. The van der Waals surface area contributed by atoms with Crippen molar-refractivity contribution in [3.05, 3.63) is 80.0 Å². The van der Waals surface area contributed by atoms with Crippen LogP contribution in [0.25, 0.3) is 0 Å². The molecule has 2 N–H and O–H groups in total. The number of aromatic nitrogens is 3. The Kier molecular flexibility index (Phi) is 9.40. The standard InChI is InChI=1S/C24H24BrCl2N5O2S/c1-5-10-32-22(15(4)28-23(34)17-7-6-16(26)11-19(17)27)30-31-24(32)35-12-21(33)29-20-9-8-18(25)13(2)14(20)3/h5-9,11,15H,1,10,12H2,2-4H3,(H,28,34)(H,29,33)/t15-/m0/s1. The minimum atomic E-state index is -0.474. The molecular formula is C24H24BrCl2N5O2S. The minimum Gasteiger partial charge on any atom is -0.342 e. The second kappa shape index (κ2) is 12.1. The first-order valence-corrected chi connectivity index (χ1v) is 13.1. The number of benzene rings is 2. The molecule has 1 atom stereocenters. The Bertz CT molecular complexity index is 1280. The smallest absolute Gasteiger partial charge is 0.253 e. The summed E-state index contributed by atoms with van der Waals surface area (Å²) >= 11 is 16.8. The summed E-state index contributed by atoms with van der Waals surface area (Å²) in [4.78, 5) is 25.3. The number of rotatable bonds is 9. The number of hydrogen-bond donors (Lipinski definition) is 2. The van der Waals surface area contributed by atoms with E-state index < -0.39 is 6.04 Å². The van der Waals surface area contributed by atoms with Gasteiger partial charge in [-0.25, -0.2) is 0 Å². The molecule has 0 bridgehead atoms. The van der Waals surface area contributed by atoms with Crippen LogP contribution >= 0.6 is 50.9 Å². The van der Waals surface area contributed by atoms with E-state index in [0.717, 1.165) is 21.3 Å². The van der Waals surface area contributed by atoms with Gasteiger partial charge in [-0.2, -0.15) is 0 Å². The molecule has 0 unspecified atom stereocenters. The van der Waals surface area contributed by atoms with Crippen molar-refractivity contribution in [2.45, 2.75) is 38.5 Å². The fourth-order valence-corrected chi connectivity index (χ4v) is 4.96. The molecule has 3 rings (SSSR count). The molecule has 2 aromatic carbocycles. The molecular weight excluding hydrogens is 573 g/mol. The van der Waals surface area contributed by atoms with Crippen molar-refractivity contribution >= 4 is 68.4 Å². The number of amides is 2. The second-order valence-corrected chi connectivity index (χ2v) is 10.4. The van der Waals surface area contributed by atoms with Crippen LogP contribution in [0.1, 0.15) is 40.3 Å². The Hall–Kier alpha value is -2.33. The van der Waals surface area contributed by atoms with Gasteiger partial charge in [0, 0.05) is 21.7 Å². The van der Waals surface area contributed by atoms with Crippen LogP contribution in [0, 0.1) is 13.8 Å². The third kappa shape index (κ3) is 6.67. The van der Waals surface area contributed by atoms with Gasteiger partial charge in [0.25, 0.3) is 5.91 Å². The number of hydrogen-bond acceptors (Lipinski definition) is 5. The minimum absolute atomic E-state index is 0.144. The monoisotopic (exact) mass is 595 g/mol. The van der Waals surface area contributed by atoms with Crippen molar-refractivity contribution in [1.29, 1.82) is 0 Å². The van der Waals surface area contributed by atoms with E-state index >= 15 is 0 Å². The van der Waals surface area contributed by atoms with Gasteiger partial charge in [0.1, 0.15) is 0 Å². The van der Waals surface area contributed by atoms with Gasteiger partial charge in [-0.3, -0.25) is 9.59 Å². The Balaban J connectivity index is 1.69. The lowest BCUT2D eigenvalue weighted by molar-refractivity contribution is -0.113. The Morgan fingerprint density at radius 1 is 1.20 bits per heavy atom. The number of thioether (sulfide) groups is 1. The van der Waals surface area contributed by atoms with E-state index in [9.17, 15) is 9.59 Å². The van der Waals surface area contributed by atoms with E-state index in [-0.39, 0.29) is 22.6 Å². The van der Waals surface area contributed by atoms with Gasteiger partial charge in [-0.1, -0.05) is 57.0 Å². The molecule has 184 valence electrons. The first-order valence-electron chi connectivity index (χ1n) is 10.6. The second-order valence-electron chi connectivity index (χ2n) is 7.74. The Morgan fingerprint density at radius 2 is 1.94 bits per heavy atom. The van der Waals surface area contributed by atoms with Gasteiger partial charge in [0.2, 0.25) is 5.91 Å². The predicted molar refractivity (Wildman–Crippen MR) is 146 cm³/mol. The Morgan fingerprint density at radius 3 is 2.63 bits per heavy atom. The van der Waals surface area contributed by atoms with Crippen molar-refractivity contribution in [2.24, 2.45) is 0 Å². The molecule has 1 aromatic heterocycles. The molecule has 2 amide bonds. The number of allylic oxidation sites excluding steroid dienone is 1. The van der Waals surface area contributed by atoms with Crippen LogP contribution < -0.4 is 10.6 Å². The quantitative estimate of drug-likeness (QED) is 0.221. The molecule has 3 aromatic rings. The maximum Gasteiger partial charge on any atom is 0.253 e. The summed E-state index contributed by atoms with van der Waals surface area (Å²) in [6, 6.07) is 7.98. The third-order valence-electron chi connectivity index (χ3n) is 5.30. The number of nitrogens with zero attached hydrogens (tertiary/aromatic N) is 3. The number of carbonyl (C=O) groups is 2. The van der Waals surface area contributed by atoms with Gasteiger partial charge in [0.15, 0.2) is 11.0 Å². The summed E-state index contributed by atoms with van der Waals surface area (Å²) in [5.74, 6) is 0.158. The van der Waals surface area contributed by atoms with Crippen molar-refractivity contribution in [3.63, 3.8) is 0 Å². The normalized spacial score (nSPS) is 11.7. The lowest BCUT2D eigenvalue weighted by atomic mass is 10.1. The van der Waals surface area contributed by atoms with Gasteiger partial charge in [-0.15, -0.1) is 16.8 Å². The molecule has 0 fully saturated rings. The van der Waals surface area contributed by atoms with Crippen LogP contribution in [0.5, 0.6) is 0 Å². The summed E-state index contributed by atoms with van der Waals surface area (Å²) in [5.41, 5.74) is 3.14. The summed E-state index contributed by atoms with van der Waals surface area (Å²) in [6.45, 7) is 9.96. The summed E-state index contributed by atoms with van der Waals surface area (Å²) in [6.07, 6.45) is 1.70. The number of halogens is 3. The van der Waals surface area contributed by atoms with Gasteiger partial charge in [0.05, 0.1) is 22.4 Å². The molecule has 0 spiro atoms. The maximum absolute atomic E-state index is 12.7. The highest BCUT2D eigenvalue weighted by Crippen LogP contribution is 2.27. The van der Waals surface area contributed by atoms with Gasteiger partial charge < -0.3 is 15.2 Å². The SMILES string of the molecule is C=CCn1c(SCC(=O)Nc2ccc(Br)c(C)c2C)nnc1[C@H](C)NC(=O)c1ccc(Cl)cc1Cl. The van der Waals surface area contributed by atoms with E-state index in [1.165, 1.54) is 17.8 Å².